The molecule has 3 aliphatic rings. The molecule has 132 valence electrons. The Kier molecular flexibility index (Phi) is 5.35. The predicted octanol–water partition coefficient (Wildman–Crippen LogP) is 3.58. The van der Waals surface area contributed by atoms with Crippen LogP contribution in [0, 0.1) is 6.92 Å². The summed E-state index contributed by atoms with van der Waals surface area (Å²) in [6, 6.07) is 8.34. The van der Waals surface area contributed by atoms with Gasteiger partial charge in [0, 0.05) is 55.5 Å². The Morgan fingerprint density at radius 3 is 2.88 bits per heavy atom. The lowest BCUT2D eigenvalue weighted by Gasteiger charge is -2.36. The van der Waals surface area contributed by atoms with Gasteiger partial charge in [0.1, 0.15) is 0 Å². The van der Waals surface area contributed by atoms with Crippen molar-refractivity contribution in [3.63, 3.8) is 0 Å². The van der Waals surface area contributed by atoms with Gasteiger partial charge >= 0.3 is 0 Å². The second-order valence-electron chi connectivity index (χ2n) is 7.68. The summed E-state index contributed by atoms with van der Waals surface area (Å²) in [6.07, 6.45) is 5.43. The molecule has 1 N–H and O–H groups in total. The van der Waals surface area contributed by atoms with Crippen LogP contribution in [0.1, 0.15) is 36.8 Å². The first kappa shape index (κ1) is 16.7. The first-order valence-electron chi connectivity index (χ1n) is 9.69. The molecule has 3 nitrogen and oxygen atoms in total. The second kappa shape index (κ2) is 7.67. The number of thioether (sulfide) groups is 1. The van der Waals surface area contributed by atoms with Crippen molar-refractivity contribution in [2.45, 2.75) is 51.2 Å². The fourth-order valence-electron chi connectivity index (χ4n) is 4.59. The highest BCUT2D eigenvalue weighted by atomic mass is 32.2. The molecule has 3 aliphatic heterocycles. The zero-order valence-corrected chi connectivity index (χ0v) is 15.8. The number of hydrogen-bond donors (Lipinski definition) is 1. The van der Waals surface area contributed by atoms with Gasteiger partial charge in [-0.05, 0) is 56.3 Å². The Morgan fingerprint density at radius 1 is 1.12 bits per heavy atom. The molecule has 4 rings (SSSR count). The van der Waals surface area contributed by atoms with E-state index >= 15 is 0 Å². The number of anilines is 1. The van der Waals surface area contributed by atoms with Gasteiger partial charge < -0.3 is 10.2 Å². The summed E-state index contributed by atoms with van der Waals surface area (Å²) in [5.41, 5.74) is 4.34. The normalized spacial score (nSPS) is 28.7. The number of fused-ring (bicyclic) bond motifs is 1. The average Bonchev–Trinajstić information content (AvgIpc) is 3.07. The van der Waals surface area contributed by atoms with Gasteiger partial charge in [-0.25, -0.2) is 0 Å². The molecule has 0 amide bonds. The first-order valence-corrected chi connectivity index (χ1v) is 10.8. The van der Waals surface area contributed by atoms with Gasteiger partial charge in [-0.2, -0.15) is 11.8 Å². The van der Waals surface area contributed by atoms with Crippen LogP contribution in [0.4, 0.5) is 5.69 Å². The highest BCUT2D eigenvalue weighted by Crippen LogP contribution is 2.30. The number of piperidine rings is 1. The molecule has 1 aromatic rings. The minimum atomic E-state index is 0.657. The third-order valence-corrected chi connectivity index (χ3v) is 7.07. The number of benzene rings is 1. The summed E-state index contributed by atoms with van der Waals surface area (Å²) in [7, 11) is 0. The topological polar surface area (TPSA) is 18.5 Å². The van der Waals surface area contributed by atoms with E-state index in [1.807, 2.05) is 0 Å². The summed E-state index contributed by atoms with van der Waals surface area (Å²) >= 11 is 2.09. The Balaban J connectivity index is 1.40. The van der Waals surface area contributed by atoms with Gasteiger partial charge in [0.25, 0.3) is 0 Å². The zero-order chi connectivity index (χ0) is 16.4. The molecule has 0 aliphatic carbocycles. The van der Waals surface area contributed by atoms with Crippen LogP contribution >= 0.6 is 11.8 Å². The predicted molar refractivity (Wildman–Crippen MR) is 105 cm³/mol. The van der Waals surface area contributed by atoms with Crippen LogP contribution < -0.4 is 5.32 Å². The standard InChI is InChI=1S/C20H31N3S/c1-16-17(15-22-10-12-24-13-11-22)4-2-6-20(16)21-18-7-9-23-8-3-5-19(23)14-18/h2,4,6,18-19,21H,3,5,7-15H2,1H3. The highest BCUT2D eigenvalue weighted by Gasteiger charge is 2.31. The molecule has 2 atom stereocenters. The minimum absolute atomic E-state index is 0.657. The van der Waals surface area contributed by atoms with Crippen molar-refractivity contribution in [2.24, 2.45) is 0 Å². The van der Waals surface area contributed by atoms with Crippen LogP contribution in [0.5, 0.6) is 0 Å². The van der Waals surface area contributed by atoms with Crippen molar-refractivity contribution < 1.29 is 0 Å². The van der Waals surface area contributed by atoms with Crippen molar-refractivity contribution in [2.75, 3.05) is 43.0 Å². The van der Waals surface area contributed by atoms with Crippen LogP contribution in [0.3, 0.4) is 0 Å². The van der Waals surface area contributed by atoms with Crippen molar-refractivity contribution in [3.05, 3.63) is 29.3 Å². The number of nitrogens with one attached hydrogen (secondary N) is 1. The monoisotopic (exact) mass is 345 g/mol. The van der Waals surface area contributed by atoms with E-state index in [0.29, 0.717) is 6.04 Å². The Labute approximate surface area is 151 Å². The van der Waals surface area contributed by atoms with Crippen LogP contribution in [-0.2, 0) is 6.54 Å². The average molecular weight is 346 g/mol. The summed E-state index contributed by atoms with van der Waals surface area (Å²) in [6.45, 7) is 8.51. The summed E-state index contributed by atoms with van der Waals surface area (Å²) < 4.78 is 0. The Bertz CT molecular complexity index is 556. The van der Waals surface area contributed by atoms with Crippen molar-refractivity contribution >= 4 is 17.4 Å². The molecule has 0 spiro atoms. The molecule has 4 heteroatoms. The highest BCUT2D eigenvalue weighted by molar-refractivity contribution is 7.99. The molecular formula is C20H31N3S. The minimum Gasteiger partial charge on any atom is -0.382 e. The van der Waals surface area contributed by atoms with E-state index in [0.717, 1.165) is 12.6 Å². The first-order chi connectivity index (χ1) is 11.8. The van der Waals surface area contributed by atoms with Gasteiger partial charge in [-0.3, -0.25) is 4.90 Å². The van der Waals surface area contributed by atoms with E-state index in [9.17, 15) is 0 Å². The van der Waals surface area contributed by atoms with Gasteiger partial charge in [-0.1, -0.05) is 12.1 Å². The van der Waals surface area contributed by atoms with E-state index in [4.69, 9.17) is 0 Å². The smallest absolute Gasteiger partial charge is 0.0375 e. The number of hydrogen-bond acceptors (Lipinski definition) is 4. The van der Waals surface area contributed by atoms with Crippen LogP contribution in [0.15, 0.2) is 18.2 Å². The quantitative estimate of drug-likeness (QED) is 0.898. The second-order valence-corrected chi connectivity index (χ2v) is 8.90. The Morgan fingerprint density at radius 2 is 2.00 bits per heavy atom. The molecule has 0 saturated carbocycles. The van der Waals surface area contributed by atoms with Crippen molar-refractivity contribution in [1.82, 2.24) is 9.80 Å². The van der Waals surface area contributed by atoms with Crippen LogP contribution in [0.25, 0.3) is 0 Å². The maximum Gasteiger partial charge on any atom is 0.0375 e. The SMILES string of the molecule is Cc1c(CN2CCSCC2)cccc1NC1CCN2CCCC2C1. The van der Waals surface area contributed by atoms with Gasteiger partial charge in [0.2, 0.25) is 0 Å². The molecule has 24 heavy (non-hydrogen) atoms. The van der Waals surface area contributed by atoms with E-state index in [1.165, 1.54) is 80.2 Å². The molecule has 2 unspecified atom stereocenters. The maximum atomic E-state index is 3.89. The molecule has 3 fully saturated rings. The third-order valence-electron chi connectivity index (χ3n) is 6.12. The van der Waals surface area contributed by atoms with E-state index in [1.54, 1.807) is 0 Å². The fraction of sp³-hybridized carbons (Fsp3) is 0.700. The molecule has 3 heterocycles. The number of rotatable bonds is 4. The van der Waals surface area contributed by atoms with Crippen molar-refractivity contribution in [3.8, 4) is 0 Å². The third kappa shape index (κ3) is 3.76. The number of nitrogens with zero attached hydrogens (tertiary/aromatic N) is 2. The molecule has 3 saturated heterocycles. The zero-order valence-electron chi connectivity index (χ0n) is 15.0. The largest absolute Gasteiger partial charge is 0.382 e. The summed E-state index contributed by atoms with van der Waals surface area (Å²) in [4.78, 5) is 5.31. The summed E-state index contributed by atoms with van der Waals surface area (Å²) in [5, 5.41) is 3.89. The molecular weight excluding hydrogens is 314 g/mol. The molecule has 0 bridgehead atoms. The van der Waals surface area contributed by atoms with Crippen LogP contribution in [-0.4, -0.2) is 59.6 Å². The van der Waals surface area contributed by atoms with E-state index in [-0.39, 0.29) is 0 Å². The maximum absolute atomic E-state index is 3.89. The van der Waals surface area contributed by atoms with E-state index in [2.05, 4.69) is 52.0 Å². The lowest BCUT2D eigenvalue weighted by molar-refractivity contribution is 0.188. The Hall–Kier alpha value is -0.710. The summed E-state index contributed by atoms with van der Waals surface area (Å²) in [5.74, 6) is 2.58. The van der Waals surface area contributed by atoms with Crippen LogP contribution in [0.2, 0.25) is 0 Å². The van der Waals surface area contributed by atoms with Gasteiger partial charge in [0.15, 0.2) is 0 Å². The molecule has 1 aromatic carbocycles. The van der Waals surface area contributed by atoms with Crippen molar-refractivity contribution in [1.29, 1.82) is 0 Å². The van der Waals surface area contributed by atoms with Gasteiger partial charge in [-0.15, -0.1) is 0 Å². The van der Waals surface area contributed by atoms with Gasteiger partial charge in [0.05, 0.1) is 0 Å². The lowest BCUT2D eigenvalue weighted by atomic mass is 9.96. The molecule has 0 aromatic heterocycles. The van der Waals surface area contributed by atoms with E-state index < -0.39 is 0 Å². The lowest BCUT2D eigenvalue weighted by Crippen LogP contribution is -2.42. The fourth-order valence-corrected chi connectivity index (χ4v) is 5.57. The molecule has 0 radical (unpaired) electrons.